The van der Waals surface area contributed by atoms with E-state index in [1.165, 1.54) is 18.2 Å². The SMILES string of the molecule is O=C(COc1cccc([N+](=O)[O-])c1)N1CCCc2ccccc21. The monoisotopic (exact) mass is 312 g/mol. The van der Waals surface area contributed by atoms with Gasteiger partial charge in [-0.05, 0) is 30.5 Å². The van der Waals surface area contributed by atoms with Crippen LogP contribution in [0, 0.1) is 10.1 Å². The molecule has 1 heterocycles. The van der Waals surface area contributed by atoms with Gasteiger partial charge in [0.2, 0.25) is 0 Å². The fourth-order valence-corrected chi connectivity index (χ4v) is 2.70. The smallest absolute Gasteiger partial charge is 0.273 e. The van der Waals surface area contributed by atoms with Gasteiger partial charge in [-0.15, -0.1) is 0 Å². The molecule has 0 radical (unpaired) electrons. The minimum absolute atomic E-state index is 0.0572. The third kappa shape index (κ3) is 3.31. The van der Waals surface area contributed by atoms with Gasteiger partial charge in [0.05, 0.1) is 11.0 Å². The van der Waals surface area contributed by atoms with Crippen LogP contribution >= 0.6 is 0 Å². The summed E-state index contributed by atoms with van der Waals surface area (Å²) in [6, 6.07) is 13.7. The van der Waals surface area contributed by atoms with E-state index in [9.17, 15) is 14.9 Å². The van der Waals surface area contributed by atoms with Crippen molar-refractivity contribution in [1.82, 2.24) is 0 Å². The van der Waals surface area contributed by atoms with Gasteiger partial charge in [-0.2, -0.15) is 0 Å². The van der Waals surface area contributed by atoms with E-state index in [1.54, 1.807) is 11.0 Å². The number of aryl methyl sites for hydroxylation is 1. The van der Waals surface area contributed by atoms with Gasteiger partial charge in [0.1, 0.15) is 5.75 Å². The van der Waals surface area contributed by atoms with Crippen LogP contribution in [-0.4, -0.2) is 24.0 Å². The van der Waals surface area contributed by atoms with Crippen LogP contribution in [0.2, 0.25) is 0 Å². The Bertz CT molecular complexity index is 745. The van der Waals surface area contributed by atoms with Crippen molar-refractivity contribution < 1.29 is 14.5 Å². The summed E-state index contributed by atoms with van der Waals surface area (Å²) in [4.78, 5) is 24.4. The van der Waals surface area contributed by atoms with Crippen LogP contribution in [0.4, 0.5) is 11.4 Å². The minimum Gasteiger partial charge on any atom is -0.483 e. The molecular formula is C17H16N2O4. The van der Waals surface area contributed by atoms with Crippen molar-refractivity contribution in [2.45, 2.75) is 12.8 Å². The summed E-state index contributed by atoms with van der Waals surface area (Å²) in [5.74, 6) is 0.168. The summed E-state index contributed by atoms with van der Waals surface area (Å²) >= 11 is 0. The van der Waals surface area contributed by atoms with Crippen molar-refractivity contribution in [3.63, 3.8) is 0 Å². The Labute approximate surface area is 133 Å². The number of amides is 1. The average Bonchev–Trinajstić information content (AvgIpc) is 2.59. The molecular weight excluding hydrogens is 296 g/mol. The van der Waals surface area contributed by atoms with Gasteiger partial charge in [0, 0.05) is 18.3 Å². The van der Waals surface area contributed by atoms with Gasteiger partial charge in [-0.25, -0.2) is 0 Å². The van der Waals surface area contributed by atoms with Crippen LogP contribution < -0.4 is 9.64 Å². The van der Waals surface area contributed by atoms with E-state index in [0.717, 1.165) is 24.1 Å². The van der Waals surface area contributed by atoms with Crippen LogP contribution in [0.15, 0.2) is 48.5 Å². The van der Waals surface area contributed by atoms with Gasteiger partial charge in [0.15, 0.2) is 6.61 Å². The zero-order valence-corrected chi connectivity index (χ0v) is 12.5. The lowest BCUT2D eigenvalue weighted by Crippen LogP contribution is -2.38. The lowest BCUT2D eigenvalue weighted by Gasteiger charge is -2.29. The highest BCUT2D eigenvalue weighted by molar-refractivity contribution is 5.95. The summed E-state index contributed by atoms with van der Waals surface area (Å²) in [5.41, 5.74) is 2.02. The molecule has 0 bridgehead atoms. The largest absolute Gasteiger partial charge is 0.483 e. The Kier molecular flexibility index (Phi) is 4.23. The number of nitrogens with zero attached hydrogens (tertiary/aromatic N) is 2. The number of ether oxygens (including phenoxy) is 1. The number of rotatable bonds is 4. The van der Waals surface area contributed by atoms with E-state index >= 15 is 0 Å². The number of carbonyl (C=O) groups is 1. The molecule has 1 aliphatic heterocycles. The molecule has 0 saturated carbocycles. The van der Waals surface area contributed by atoms with Crippen LogP contribution in [0.1, 0.15) is 12.0 Å². The van der Waals surface area contributed by atoms with Crippen molar-refractivity contribution in [2.75, 3.05) is 18.1 Å². The molecule has 1 amide bonds. The third-order valence-corrected chi connectivity index (χ3v) is 3.80. The standard InChI is InChI=1S/C17H16N2O4/c20-17(12-23-15-8-3-7-14(11-15)19(21)22)18-10-4-6-13-5-1-2-9-16(13)18/h1-3,5,7-9,11H,4,6,10,12H2. The van der Waals surface area contributed by atoms with E-state index in [1.807, 2.05) is 24.3 Å². The molecule has 0 spiro atoms. The summed E-state index contributed by atoms with van der Waals surface area (Å²) in [7, 11) is 0. The Hall–Kier alpha value is -2.89. The molecule has 0 fully saturated rings. The molecule has 3 rings (SSSR count). The van der Waals surface area contributed by atoms with Crippen molar-refractivity contribution in [3.05, 3.63) is 64.2 Å². The second-order valence-corrected chi connectivity index (χ2v) is 5.32. The van der Waals surface area contributed by atoms with E-state index < -0.39 is 4.92 Å². The van der Waals surface area contributed by atoms with Crippen molar-refractivity contribution in [3.8, 4) is 5.75 Å². The fourth-order valence-electron chi connectivity index (χ4n) is 2.70. The van der Waals surface area contributed by atoms with E-state index in [2.05, 4.69) is 0 Å². The second kappa shape index (κ2) is 6.48. The summed E-state index contributed by atoms with van der Waals surface area (Å²) in [6.07, 6.45) is 1.88. The fraction of sp³-hybridized carbons (Fsp3) is 0.235. The number of nitro groups is 1. The number of fused-ring (bicyclic) bond motifs is 1. The van der Waals surface area contributed by atoms with Gasteiger partial charge < -0.3 is 9.64 Å². The van der Waals surface area contributed by atoms with Crippen LogP contribution in [0.5, 0.6) is 5.75 Å². The van der Waals surface area contributed by atoms with E-state index in [0.29, 0.717) is 12.3 Å². The second-order valence-electron chi connectivity index (χ2n) is 5.32. The Morgan fingerprint density at radius 1 is 1.22 bits per heavy atom. The van der Waals surface area contributed by atoms with E-state index in [-0.39, 0.29) is 18.2 Å². The minimum atomic E-state index is -0.491. The molecule has 1 aliphatic rings. The van der Waals surface area contributed by atoms with Crippen LogP contribution in [0.25, 0.3) is 0 Å². The first-order valence-electron chi connectivity index (χ1n) is 7.40. The lowest BCUT2D eigenvalue weighted by atomic mass is 10.0. The number of para-hydroxylation sites is 1. The number of non-ortho nitro benzene ring substituents is 1. The first-order chi connectivity index (χ1) is 11.1. The molecule has 2 aromatic carbocycles. The zero-order chi connectivity index (χ0) is 16.2. The molecule has 6 nitrogen and oxygen atoms in total. The summed E-state index contributed by atoms with van der Waals surface area (Å²) < 4.78 is 5.43. The van der Waals surface area contributed by atoms with E-state index in [4.69, 9.17) is 4.74 Å². The third-order valence-electron chi connectivity index (χ3n) is 3.80. The number of carbonyl (C=O) groups excluding carboxylic acids is 1. The molecule has 0 aromatic heterocycles. The molecule has 118 valence electrons. The molecule has 6 heteroatoms. The summed E-state index contributed by atoms with van der Waals surface area (Å²) in [6.45, 7) is 0.518. The number of hydrogen-bond donors (Lipinski definition) is 0. The Balaban J connectivity index is 1.69. The highest BCUT2D eigenvalue weighted by Crippen LogP contribution is 2.27. The summed E-state index contributed by atoms with van der Waals surface area (Å²) in [5, 5.41) is 10.8. The molecule has 0 unspecified atom stereocenters. The molecule has 0 N–H and O–H groups in total. The molecule has 0 saturated heterocycles. The number of nitro benzene ring substituents is 1. The van der Waals surface area contributed by atoms with Gasteiger partial charge in [0.25, 0.3) is 11.6 Å². The highest BCUT2D eigenvalue weighted by Gasteiger charge is 2.22. The highest BCUT2D eigenvalue weighted by atomic mass is 16.6. The maximum atomic E-state index is 12.4. The quantitative estimate of drug-likeness (QED) is 0.642. The van der Waals surface area contributed by atoms with Gasteiger partial charge >= 0.3 is 0 Å². The molecule has 0 aliphatic carbocycles. The molecule has 23 heavy (non-hydrogen) atoms. The molecule has 0 atom stereocenters. The maximum absolute atomic E-state index is 12.4. The Morgan fingerprint density at radius 2 is 2.04 bits per heavy atom. The van der Waals surface area contributed by atoms with Crippen LogP contribution in [-0.2, 0) is 11.2 Å². The normalized spacial score (nSPS) is 13.3. The van der Waals surface area contributed by atoms with Gasteiger partial charge in [-0.3, -0.25) is 14.9 Å². The van der Waals surface area contributed by atoms with Crippen molar-refractivity contribution in [2.24, 2.45) is 0 Å². The maximum Gasteiger partial charge on any atom is 0.273 e. The average molecular weight is 312 g/mol. The topological polar surface area (TPSA) is 72.7 Å². The number of hydrogen-bond acceptors (Lipinski definition) is 4. The predicted octanol–water partition coefficient (Wildman–Crippen LogP) is 2.95. The van der Waals surface area contributed by atoms with Gasteiger partial charge in [-0.1, -0.05) is 24.3 Å². The van der Waals surface area contributed by atoms with Crippen molar-refractivity contribution >= 4 is 17.3 Å². The van der Waals surface area contributed by atoms with Crippen molar-refractivity contribution in [1.29, 1.82) is 0 Å². The Morgan fingerprint density at radius 3 is 2.87 bits per heavy atom. The van der Waals surface area contributed by atoms with Crippen LogP contribution in [0.3, 0.4) is 0 Å². The molecule has 2 aromatic rings. The number of anilines is 1. The zero-order valence-electron chi connectivity index (χ0n) is 12.5. The first-order valence-corrected chi connectivity index (χ1v) is 7.40. The predicted molar refractivity (Wildman–Crippen MR) is 85.7 cm³/mol. The first kappa shape index (κ1) is 15.0. The lowest BCUT2D eigenvalue weighted by molar-refractivity contribution is -0.384. The number of benzene rings is 2.